The van der Waals surface area contributed by atoms with E-state index in [0.29, 0.717) is 13.1 Å². The van der Waals surface area contributed by atoms with Crippen molar-refractivity contribution in [3.05, 3.63) is 11.9 Å². The molecule has 9 nitrogen and oxygen atoms in total. The molecule has 5 N–H and O–H groups in total. The van der Waals surface area contributed by atoms with Crippen molar-refractivity contribution in [1.82, 2.24) is 20.3 Å². The summed E-state index contributed by atoms with van der Waals surface area (Å²) in [4.78, 5) is 22.4. The number of carboxylic acid groups (broad SMARTS) is 1. The van der Waals surface area contributed by atoms with Crippen LogP contribution in [-0.2, 0) is 11.3 Å². The van der Waals surface area contributed by atoms with Crippen molar-refractivity contribution < 1.29 is 19.8 Å². The van der Waals surface area contributed by atoms with Gasteiger partial charge in [-0.15, -0.1) is 5.10 Å². The van der Waals surface area contributed by atoms with Gasteiger partial charge >= 0.3 is 5.97 Å². The molecule has 0 aliphatic carbocycles. The Morgan fingerprint density at radius 1 is 1.61 bits per heavy atom. The van der Waals surface area contributed by atoms with E-state index in [4.69, 9.17) is 10.8 Å². The normalized spacial score (nSPS) is 13.9. The summed E-state index contributed by atoms with van der Waals surface area (Å²) in [5.41, 5.74) is 5.27. The lowest BCUT2D eigenvalue weighted by molar-refractivity contribution is -0.141. The van der Waals surface area contributed by atoms with E-state index in [1.807, 2.05) is 0 Å². The molecule has 1 aromatic heterocycles. The number of aromatic nitrogens is 3. The number of aliphatic hydroxyl groups is 1. The van der Waals surface area contributed by atoms with Gasteiger partial charge in [0.1, 0.15) is 0 Å². The average Bonchev–Trinajstić information content (AvgIpc) is 2.73. The molecule has 0 bridgehead atoms. The van der Waals surface area contributed by atoms with Gasteiger partial charge in [0, 0.05) is 6.54 Å². The topological polar surface area (TPSA) is 143 Å². The minimum Gasteiger partial charge on any atom is -0.480 e. The molecule has 100 valence electrons. The maximum absolute atomic E-state index is 11.6. The molecule has 0 radical (unpaired) electrons. The van der Waals surface area contributed by atoms with Gasteiger partial charge in [-0.05, 0) is 6.92 Å². The maximum Gasteiger partial charge on any atom is 0.328 e. The summed E-state index contributed by atoms with van der Waals surface area (Å²) in [7, 11) is 0. The number of aliphatic carboxylic acids is 1. The highest BCUT2D eigenvalue weighted by Gasteiger charge is 2.26. The van der Waals surface area contributed by atoms with Crippen LogP contribution in [0.15, 0.2) is 6.20 Å². The number of carbonyl (C=O) groups excluding carboxylic acids is 1. The standard InChI is InChI=1S/C9H15N5O4/c1-5(15)7(9(17)18)11-8(16)6-4-14(3-2-10)13-12-6/h4-5,7,15H,2-3,10H2,1H3,(H,11,16)(H,17,18). The van der Waals surface area contributed by atoms with Gasteiger partial charge in [0.2, 0.25) is 0 Å². The third-order valence-electron chi connectivity index (χ3n) is 2.16. The van der Waals surface area contributed by atoms with Gasteiger partial charge < -0.3 is 21.3 Å². The van der Waals surface area contributed by atoms with Crippen LogP contribution < -0.4 is 11.1 Å². The van der Waals surface area contributed by atoms with Crippen LogP contribution in [0.1, 0.15) is 17.4 Å². The largest absolute Gasteiger partial charge is 0.480 e. The fraction of sp³-hybridized carbons (Fsp3) is 0.556. The van der Waals surface area contributed by atoms with E-state index in [1.165, 1.54) is 17.8 Å². The molecule has 1 amide bonds. The Labute approximate surface area is 103 Å². The quantitative estimate of drug-likeness (QED) is 0.452. The molecule has 0 aliphatic rings. The first-order chi connectivity index (χ1) is 8.45. The zero-order chi connectivity index (χ0) is 13.7. The number of carbonyl (C=O) groups is 2. The predicted octanol–water partition coefficient (Wildman–Crippen LogP) is -2.20. The molecule has 0 fully saturated rings. The van der Waals surface area contributed by atoms with Gasteiger partial charge in [-0.25, -0.2) is 4.79 Å². The molecule has 0 saturated carbocycles. The number of nitrogens with zero attached hydrogens (tertiary/aromatic N) is 3. The van der Waals surface area contributed by atoms with Gasteiger partial charge in [0.25, 0.3) is 5.91 Å². The molecule has 2 atom stereocenters. The second-order valence-electron chi connectivity index (χ2n) is 3.69. The minimum atomic E-state index is -1.39. The van der Waals surface area contributed by atoms with E-state index in [2.05, 4.69) is 15.6 Å². The maximum atomic E-state index is 11.6. The fourth-order valence-electron chi connectivity index (χ4n) is 1.25. The third-order valence-corrected chi connectivity index (χ3v) is 2.16. The van der Waals surface area contributed by atoms with E-state index in [1.54, 1.807) is 0 Å². The molecule has 0 aliphatic heterocycles. The Bertz CT molecular complexity index is 430. The number of nitrogens with two attached hydrogens (primary N) is 1. The van der Waals surface area contributed by atoms with Gasteiger partial charge in [0.05, 0.1) is 18.8 Å². The Morgan fingerprint density at radius 2 is 2.28 bits per heavy atom. The lowest BCUT2D eigenvalue weighted by atomic mass is 10.2. The molecule has 18 heavy (non-hydrogen) atoms. The molecule has 1 heterocycles. The van der Waals surface area contributed by atoms with Crippen LogP contribution in [0.3, 0.4) is 0 Å². The van der Waals surface area contributed by atoms with Crippen LogP contribution in [0.5, 0.6) is 0 Å². The zero-order valence-corrected chi connectivity index (χ0v) is 9.78. The number of aliphatic hydroxyl groups excluding tert-OH is 1. The van der Waals surface area contributed by atoms with Crippen LogP contribution in [0.2, 0.25) is 0 Å². The van der Waals surface area contributed by atoms with Crippen LogP contribution in [0, 0.1) is 0 Å². The van der Waals surface area contributed by atoms with Crippen LogP contribution in [-0.4, -0.2) is 55.8 Å². The summed E-state index contributed by atoms with van der Waals surface area (Å²) in [5, 5.41) is 27.4. The van der Waals surface area contributed by atoms with Crippen molar-refractivity contribution in [2.45, 2.75) is 25.6 Å². The van der Waals surface area contributed by atoms with Crippen molar-refractivity contribution in [3.8, 4) is 0 Å². The molecule has 1 rings (SSSR count). The van der Waals surface area contributed by atoms with Gasteiger partial charge in [-0.3, -0.25) is 9.48 Å². The zero-order valence-electron chi connectivity index (χ0n) is 9.78. The number of hydrogen-bond donors (Lipinski definition) is 4. The summed E-state index contributed by atoms with van der Waals surface area (Å²) >= 11 is 0. The summed E-state index contributed by atoms with van der Waals surface area (Å²) < 4.78 is 1.37. The Kier molecular flexibility index (Phi) is 4.75. The summed E-state index contributed by atoms with van der Waals surface area (Å²) in [6, 6.07) is -1.39. The average molecular weight is 257 g/mol. The number of nitrogens with one attached hydrogen (secondary N) is 1. The van der Waals surface area contributed by atoms with Crippen molar-refractivity contribution in [3.63, 3.8) is 0 Å². The second-order valence-corrected chi connectivity index (χ2v) is 3.69. The predicted molar refractivity (Wildman–Crippen MR) is 59.6 cm³/mol. The van der Waals surface area contributed by atoms with Crippen LogP contribution in [0.4, 0.5) is 0 Å². The second kappa shape index (κ2) is 6.07. The number of rotatable bonds is 6. The Hall–Kier alpha value is -2.00. The van der Waals surface area contributed by atoms with Crippen LogP contribution in [0.25, 0.3) is 0 Å². The lowest BCUT2D eigenvalue weighted by Crippen LogP contribution is -2.47. The molecule has 1 aromatic rings. The monoisotopic (exact) mass is 257 g/mol. The minimum absolute atomic E-state index is 0.0321. The molecule has 0 spiro atoms. The number of amides is 1. The van der Waals surface area contributed by atoms with Crippen molar-refractivity contribution in [2.24, 2.45) is 5.73 Å². The van der Waals surface area contributed by atoms with E-state index in [0.717, 1.165) is 0 Å². The Balaban J connectivity index is 2.71. The highest BCUT2D eigenvalue weighted by atomic mass is 16.4. The Morgan fingerprint density at radius 3 is 2.78 bits per heavy atom. The third kappa shape index (κ3) is 3.50. The van der Waals surface area contributed by atoms with Gasteiger partial charge in [-0.1, -0.05) is 5.21 Å². The molecule has 0 saturated heterocycles. The first-order valence-electron chi connectivity index (χ1n) is 5.27. The molecule has 9 heteroatoms. The van der Waals surface area contributed by atoms with E-state index in [-0.39, 0.29) is 5.69 Å². The van der Waals surface area contributed by atoms with E-state index >= 15 is 0 Å². The first kappa shape index (κ1) is 14.1. The molecule has 2 unspecified atom stereocenters. The van der Waals surface area contributed by atoms with Gasteiger partial charge in [0.15, 0.2) is 11.7 Å². The number of hydrogen-bond acceptors (Lipinski definition) is 6. The molecule has 0 aromatic carbocycles. The molecular formula is C9H15N5O4. The highest BCUT2D eigenvalue weighted by Crippen LogP contribution is 1.98. The van der Waals surface area contributed by atoms with Crippen LogP contribution >= 0.6 is 0 Å². The SMILES string of the molecule is CC(O)C(NC(=O)c1cn(CCN)nn1)C(=O)O. The molecular weight excluding hydrogens is 242 g/mol. The first-order valence-corrected chi connectivity index (χ1v) is 5.27. The summed E-state index contributed by atoms with van der Waals surface area (Å²) in [6.45, 7) is 2.01. The van der Waals surface area contributed by atoms with Crippen molar-refractivity contribution in [2.75, 3.05) is 6.54 Å². The fourth-order valence-corrected chi connectivity index (χ4v) is 1.25. The lowest BCUT2D eigenvalue weighted by Gasteiger charge is -2.15. The smallest absolute Gasteiger partial charge is 0.328 e. The van der Waals surface area contributed by atoms with E-state index < -0.39 is 24.0 Å². The highest BCUT2D eigenvalue weighted by molar-refractivity contribution is 5.94. The summed E-state index contributed by atoms with van der Waals surface area (Å²) in [6.07, 6.45) is 0.133. The van der Waals surface area contributed by atoms with E-state index in [9.17, 15) is 14.7 Å². The number of carboxylic acids is 1. The van der Waals surface area contributed by atoms with Crippen molar-refractivity contribution >= 4 is 11.9 Å². The van der Waals surface area contributed by atoms with Gasteiger partial charge in [-0.2, -0.15) is 0 Å². The summed E-state index contributed by atoms with van der Waals surface area (Å²) in [5.74, 6) is -2.04. The van der Waals surface area contributed by atoms with Crippen molar-refractivity contribution in [1.29, 1.82) is 0 Å².